The number of nitrogens with zero attached hydrogens (tertiary/aromatic N) is 4. The third-order valence-corrected chi connectivity index (χ3v) is 6.88. The van der Waals surface area contributed by atoms with E-state index in [4.69, 9.17) is 4.74 Å². The summed E-state index contributed by atoms with van der Waals surface area (Å²) in [6.45, 7) is 7.62. The number of methoxy groups -OCH3 is 1. The van der Waals surface area contributed by atoms with E-state index in [1.807, 2.05) is 68.4 Å². The second-order valence-corrected chi connectivity index (χ2v) is 9.62. The van der Waals surface area contributed by atoms with Crippen LogP contribution in [0, 0.1) is 37.8 Å². The Morgan fingerprint density at radius 3 is 2.39 bits per heavy atom. The van der Waals surface area contributed by atoms with Crippen LogP contribution in [0.2, 0.25) is 0 Å². The minimum atomic E-state index is -0.488. The Bertz CT molecular complexity index is 1560. The number of carbonyl (C=O) groups is 1. The molecule has 38 heavy (non-hydrogen) atoms. The fourth-order valence-electron chi connectivity index (χ4n) is 5.20. The average Bonchev–Trinajstić information content (AvgIpc) is 3.15. The molecule has 1 N–H and O–H groups in total. The van der Waals surface area contributed by atoms with Crippen molar-refractivity contribution in [2.24, 2.45) is 0 Å². The van der Waals surface area contributed by atoms with E-state index in [0.717, 1.165) is 33.6 Å². The quantitative estimate of drug-likeness (QED) is 0.257. The largest absolute Gasteiger partial charge is 0.496 e. The molecular weight excluding hydrogens is 482 g/mol. The number of ether oxygens (including phenoxy) is 1. The zero-order chi connectivity index (χ0) is 27.1. The van der Waals surface area contributed by atoms with Gasteiger partial charge in [-0.15, -0.1) is 0 Å². The number of fused-ring (bicyclic) bond motifs is 1. The van der Waals surface area contributed by atoms with Gasteiger partial charge in [0.2, 0.25) is 0 Å². The molecule has 0 saturated carbocycles. The van der Waals surface area contributed by atoms with Gasteiger partial charge < -0.3 is 10.1 Å². The Hall–Kier alpha value is -4.66. The maximum Gasteiger partial charge on any atom is 0.312 e. The molecule has 0 spiro atoms. The first-order chi connectivity index (χ1) is 18.2. The molecule has 1 amide bonds. The fourth-order valence-corrected chi connectivity index (χ4v) is 5.20. The number of aromatic nitrogens is 2. The smallest absolute Gasteiger partial charge is 0.312 e. The summed E-state index contributed by atoms with van der Waals surface area (Å²) >= 11 is 0. The van der Waals surface area contributed by atoms with Crippen molar-refractivity contribution in [3.8, 4) is 5.75 Å². The maximum absolute atomic E-state index is 13.9. The first kappa shape index (κ1) is 25.0. The summed E-state index contributed by atoms with van der Waals surface area (Å²) in [4.78, 5) is 26.8. The molecule has 9 nitrogen and oxygen atoms in total. The van der Waals surface area contributed by atoms with Crippen molar-refractivity contribution in [2.75, 3.05) is 17.3 Å². The lowest BCUT2D eigenvalue weighted by atomic mass is 9.99. The Kier molecular flexibility index (Phi) is 6.36. The molecule has 0 bridgehead atoms. The molecule has 0 fully saturated rings. The molecule has 1 atom stereocenters. The number of rotatable bonds is 6. The number of aryl methyl sites for hydroxylation is 3. The van der Waals surface area contributed by atoms with Crippen LogP contribution in [0.1, 0.15) is 50.2 Å². The minimum absolute atomic E-state index is 0.0114. The summed E-state index contributed by atoms with van der Waals surface area (Å²) in [6, 6.07) is 19.3. The molecule has 0 saturated heterocycles. The highest BCUT2D eigenvalue weighted by molar-refractivity contribution is 6.12. The van der Waals surface area contributed by atoms with Crippen molar-refractivity contribution in [3.63, 3.8) is 0 Å². The van der Waals surface area contributed by atoms with E-state index in [1.54, 1.807) is 30.5 Å². The van der Waals surface area contributed by atoms with Gasteiger partial charge in [-0.3, -0.25) is 24.5 Å². The van der Waals surface area contributed by atoms with Gasteiger partial charge in [-0.25, -0.2) is 0 Å². The summed E-state index contributed by atoms with van der Waals surface area (Å²) in [7, 11) is 1.59. The van der Waals surface area contributed by atoms with E-state index < -0.39 is 11.1 Å². The van der Waals surface area contributed by atoms with Crippen LogP contribution >= 0.6 is 0 Å². The lowest BCUT2D eigenvalue weighted by molar-refractivity contribution is -0.386. The van der Waals surface area contributed by atoms with E-state index in [2.05, 4.69) is 16.5 Å². The third-order valence-electron chi connectivity index (χ3n) is 6.88. The Morgan fingerprint density at radius 2 is 1.74 bits per heavy atom. The van der Waals surface area contributed by atoms with Crippen molar-refractivity contribution in [2.45, 2.75) is 40.4 Å². The van der Waals surface area contributed by atoms with Gasteiger partial charge in [0.25, 0.3) is 5.91 Å². The highest BCUT2D eigenvalue weighted by Gasteiger charge is 2.34. The molecule has 1 aromatic heterocycles. The van der Waals surface area contributed by atoms with Crippen LogP contribution in [0.3, 0.4) is 0 Å². The van der Waals surface area contributed by atoms with Crippen LogP contribution in [0.25, 0.3) is 0 Å². The number of amides is 1. The molecule has 5 rings (SSSR count). The maximum atomic E-state index is 13.9. The average molecular weight is 512 g/mol. The van der Waals surface area contributed by atoms with Gasteiger partial charge in [0.05, 0.1) is 24.1 Å². The van der Waals surface area contributed by atoms with Gasteiger partial charge in [0.15, 0.2) is 0 Å². The molecule has 0 aliphatic carbocycles. The molecule has 4 aromatic rings. The number of benzene rings is 3. The van der Waals surface area contributed by atoms with Gasteiger partial charge in [-0.2, -0.15) is 5.10 Å². The van der Waals surface area contributed by atoms with Crippen LogP contribution in [0.15, 0.2) is 60.7 Å². The van der Waals surface area contributed by atoms with Crippen LogP contribution in [-0.4, -0.2) is 27.7 Å². The fraction of sp³-hybridized carbons (Fsp3) is 0.241. The van der Waals surface area contributed by atoms with Crippen LogP contribution in [-0.2, 0) is 6.54 Å². The molecular formula is C29H29N5O4. The number of para-hydroxylation sites is 1. The van der Waals surface area contributed by atoms with Gasteiger partial charge >= 0.3 is 5.69 Å². The number of nitro groups is 1. The summed E-state index contributed by atoms with van der Waals surface area (Å²) in [6.07, 6.45) is -0.488. The summed E-state index contributed by atoms with van der Waals surface area (Å²) in [5.74, 6) is 0.533. The number of carbonyl (C=O) groups excluding carboxylic acids is 1. The molecule has 1 aliphatic heterocycles. The predicted molar refractivity (Wildman–Crippen MR) is 146 cm³/mol. The first-order valence-corrected chi connectivity index (χ1v) is 12.3. The number of hydrogen-bond donors (Lipinski definition) is 1. The van der Waals surface area contributed by atoms with Crippen LogP contribution in [0.4, 0.5) is 17.1 Å². The summed E-state index contributed by atoms with van der Waals surface area (Å²) < 4.78 is 7.25. The van der Waals surface area contributed by atoms with Crippen molar-refractivity contribution in [1.82, 2.24) is 9.78 Å². The zero-order valence-corrected chi connectivity index (χ0v) is 22.0. The van der Waals surface area contributed by atoms with E-state index in [-0.39, 0.29) is 18.1 Å². The number of anilines is 2. The van der Waals surface area contributed by atoms with Crippen molar-refractivity contribution in [3.05, 3.63) is 110 Å². The second-order valence-electron chi connectivity index (χ2n) is 9.62. The van der Waals surface area contributed by atoms with Crippen molar-refractivity contribution < 1.29 is 14.5 Å². The van der Waals surface area contributed by atoms with E-state index in [1.165, 1.54) is 0 Å². The van der Waals surface area contributed by atoms with E-state index in [9.17, 15) is 14.9 Å². The Balaban J connectivity index is 1.62. The topological polar surface area (TPSA) is 103 Å². The molecule has 1 unspecified atom stereocenters. The van der Waals surface area contributed by atoms with Gasteiger partial charge in [0.1, 0.15) is 23.3 Å². The Morgan fingerprint density at radius 1 is 1.03 bits per heavy atom. The summed E-state index contributed by atoms with van der Waals surface area (Å²) in [5.41, 5.74) is 6.76. The highest BCUT2D eigenvalue weighted by Crippen LogP contribution is 2.38. The second kappa shape index (κ2) is 9.66. The lowest BCUT2D eigenvalue weighted by Crippen LogP contribution is -2.43. The van der Waals surface area contributed by atoms with E-state index in [0.29, 0.717) is 22.7 Å². The standard InChI is InChI=1S/C29H29N5O4/c1-17-12-18(2)14-23(13-17)33-28(30-25-9-7-6-8-24(25)29(33)35)21-10-11-26(38-5)22(15-21)16-32-20(4)27(34(36)37)19(3)31-32/h6-15,28,30H,16H2,1-5H3. The number of nitrogens with one attached hydrogen (secondary N) is 1. The summed E-state index contributed by atoms with van der Waals surface area (Å²) in [5, 5.41) is 19.5. The van der Waals surface area contributed by atoms with Crippen LogP contribution in [0.5, 0.6) is 5.75 Å². The molecule has 0 radical (unpaired) electrons. The molecule has 194 valence electrons. The molecule has 3 aromatic carbocycles. The lowest BCUT2D eigenvalue weighted by Gasteiger charge is -2.38. The van der Waals surface area contributed by atoms with Crippen LogP contribution < -0.4 is 15.0 Å². The van der Waals surface area contributed by atoms with Gasteiger partial charge in [-0.1, -0.05) is 24.3 Å². The van der Waals surface area contributed by atoms with Crippen molar-refractivity contribution >= 4 is 23.0 Å². The first-order valence-electron chi connectivity index (χ1n) is 12.3. The zero-order valence-electron chi connectivity index (χ0n) is 22.0. The predicted octanol–water partition coefficient (Wildman–Crippen LogP) is 5.85. The van der Waals surface area contributed by atoms with Gasteiger partial charge in [0, 0.05) is 16.9 Å². The van der Waals surface area contributed by atoms with Crippen molar-refractivity contribution in [1.29, 1.82) is 0 Å². The SMILES string of the molecule is COc1ccc(C2Nc3ccccc3C(=O)N2c2cc(C)cc(C)c2)cc1Cn1nc(C)c([N+](=O)[O-])c1C. The third kappa shape index (κ3) is 4.36. The van der Waals surface area contributed by atoms with Gasteiger partial charge in [-0.05, 0) is 80.8 Å². The highest BCUT2D eigenvalue weighted by atomic mass is 16.6. The molecule has 2 heterocycles. The Labute approximate surface area is 220 Å². The number of hydrogen-bond acceptors (Lipinski definition) is 6. The normalized spacial score (nSPS) is 14.7. The molecule has 1 aliphatic rings. The monoisotopic (exact) mass is 511 g/mol. The van der Waals surface area contributed by atoms with E-state index >= 15 is 0 Å². The molecule has 9 heteroatoms. The minimum Gasteiger partial charge on any atom is -0.496 e.